The SMILES string of the molecule is COc1ccccc1NC(=O)c1ccc(SCC(=O)NCc2cccs2)c([N+](=O)[O-])c1. The number of ether oxygens (including phenoxy) is 1. The molecule has 0 radical (unpaired) electrons. The van der Waals surface area contributed by atoms with Crippen LogP contribution in [-0.4, -0.2) is 29.6 Å². The van der Waals surface area contributed by atoms with Crippen molar-refractivity contribution in [3.8, 4) is 5.75 Å². The molecule has 1 aromatic heterocycles. The molecule has 3 rings (SSSR count). The van der Waals surface area contributed by atoms with Crippen molar-refractivity contribution in [1.82, 2.24) is 5.32 Å². The third-order valence-corrected chi connectivity index (χ3v) is 6.11. The van der Waals surface area contributed by atoms with Crippen molar-refractivity contribution in [3.63, 3.8) is 0 Å². The average Bonchev–Trinajstić information content (AvgIpc) is 3.30. The van der Waals surface area contributed by atoms with E-state index >= 15 is 0 Å². The highest BCUT2D eigenvalue weighted by Gasteiger charge is 2.19. The first kappa shape index (κ1) is 22.3. The Balaban J connectivity index is 1.66. The van der Waals surface area contributed by atoms with Crippen LogP contribution in [0, 0.1) is 10.1 Å². The van der Waals surface area contributed by atoms with Gasteiger partial charge in [0.1, 0.15) is 5.75 Å². The number of nitrogens with zero attached hydrogens (tertiary/aromatic N) is 1. The van der Waals surface area contributed by atoms with Crippen LogP contribution in [0.2, 0.25) is 0 Å². The van der Waals surface area contributed by atoms with Crippen molar-refractivity contribution in [2.45, 2.75) is 11.4 Å². The Hall–Kier alpha value is -3.37. The van der Waals surface area contributed by atoms with Crippen molar-refractivity contribution >= 4 is 46.3 Å². The number of hydrogen-bond donors (Lipinski definition) is 2. The minimum absolute atomic E-state index is 0.0268. The number of thiophene rings is 1. The van der Waals surface area contributed by atoms with Gasteiger partial charge in [-0.15, -0.1) is 23.1 Å². The number of carbonyl (C=O) groups is 2. The van der Waals surface area contributed by atoms with Gasteiger partial charge in [0.15, 0.2) is 0 Å². The van der Waals surface area contributed by atoms with Gasteiger partial charge < -0.3 is 15.4 Å². The fourth-order valence-electron chi connectivity index (χ4n) is 2.66. The van der Waals surface area contributed by atoms with Crippen LogP contribution in [0.3, 0.4) is 0 Å². The molecule has 3 aromatic rings. The van der Waals surface area contributed by atoms with E-state index in [1.165, 1.54) is 36.6 Å². The lowest BCUT2D eigenvalue weighted by atomic mass is 10.2. The number of thioether (sulfide) groups is 1. The minimum atomic E-state index is -0.564. The van der Waals surface area contributed by atoms with Gasteiger partial charge in [-0.25, -0.2) is 0 Å². The van der Waals surface area contributed by atoms with Gasteiger partial charge in [-0.2, -0.15) is 0 Å². The Labute approximate surface area is 186 Å². The number of carbonyl (C=O) groups excluding carboxylic acids is 2. The second-order valence-corrected chi connectivity index (χ2v) is 8.29. The maximum Gasteiger partial charge on any atom is 0.283 e. The summed E-state index contributed by atoms with van der Waals surface area (Å²) in [5, 5.41) is 18.9. The van der Waals surface area contributed by atoms with Gasteiger partial charge in [0, 0.05) is 16.5 Å². The van der Waals surface area contributed by atoms with E-state index in [0.717, 1.165) is 16.6 Å². The summed E-state index contributed by atoms with van der Waals surface area (Å²) in [5.74, 6) is -0.228. The van der Waals surface area contributed by atoms with Crippen LogP contribution < -0.4 is 15.4 Å². The number of amides is 2. The molecule has 1 heterocycles. The fourth-order valence-corrected chi connectivity index (χ4v) is 4.14. The van der Waals surface area contributed by atoms with Gasteiger partial charge in [-0.3, -0.25) is 19.7 Å². The maximum absolute atomic E-state index is 12.6. The second kappa shape index (κ2) is 10.6. The first-order valence-corrected chi connectivity index (χ1v) is 11.0. The number of para-hydroxylation sites is 2. The first-order valence-electron chi connectivity index (χ1n) is 9.12. The molecule has 0 aliphatic carbocycles. The summed E-state index contributed by atoms with van der Waals surface area (Å²) in [7, 11) is 1.48. The number of hydrogen-bond acceptors (Lipinski definition) is 7. The number of methoxy groups -OCH3 is 1. The summed E-state index contributed by atoms with van der Waals surface area (Å²) < 4.78 is 5.20. The van der Waals surface area contributed by atoms with E-state index < -0.39 is 10.8 Å². The van der Waals surface area contributed by atoms with Crippen LogP contribution in [0.4, 0.5) is 11.4 Å². The van der Waals surface area contributed by atoms with E-state index in [2.05, 4.69) is 10.6 Å². The Kier molecular flexibility index (Phi) is 7.63. The molecule has 0 saturated carbocycles. The molecule has 2 amide bonds. The zero-order valence-corrected chi connectivity index (χ0v) is 18.1. The quantitative estimate of drug-likeness (QED) is 0.281. The number of nitro benzene ring substituents is 1. The molecular weight excluding hydrogens is 438 g/mol. The van der Waals surface area contributed by atoms with Crippen molar-refractivity contribution in [2.75, 3.05) is 18.2 Å². The number of nitrogens with one attached hydrogen (secondary N) is 2. The van der Waals surface area contributed by atoms with Crippen LogP contribution in [0.15, 0.2) is 64.9 Å². The zero-order chi connectivity index (χ0) is 22.2. The van der Waals surface area contributed by atoms with E-state index in [1.54, 1.807) is 24.3 Å². The predicted octanol–water partition coefficient (Wildman–Crippen LogP) is 4.33. The standard InChI is InChI=1S/C21H19N3O5S2/c1-29-18-7-3-2-6-16(18)23-21(26)14-8-9-19(17(11-14)24(27)28)31-13-20(25)22-12-15-5-4-10-30-15/h2-11H,12-13H2,1H3,(H,22,25)(H,23,26). The summed E-state index contributed by atoms with van der Waals surface area (Å²) in [5.41, 5.74) is 0.353. The van der Waals surface area contributed by atoms with Gasteiger partial charge in [0.2, 0.25) is 5.91 Å². The summed E-state index contributed by atoms with van der Waals surface area (Å²) in [4.78, 5) is 36.9. The highest BCUT2D eigenvalue weighted by atomic mass is 32.2. The molecule has 0 unspecified atom stereocenters. The number of anilines is 1. The molecule has 0 saturated heterocycles. The lowest BCUT2D eigenvalue weighted by molar-refractivity contribution is -0.387. The molecule has 0 aliphatic heterocycles. The Morgan fingerprint density at radius 2 is 1.97 bits per heavy atom. The molecule has 0 aliphatic rings. The first-order chi connectivity index (χ1) is 15.0. The van der Waals surface area contributed by atoms with Crippen LogP contribution in [-0.2, 0) is 11.3 Å². The number of benzene rings is 2. The second-order valence-electron chi connectivity index (χ2n) is 6.24. The van der Waals surface area contributed by atoms with E-state index in [1.807, 2.05) is 17.5 Å². The van der Waals surface area contributed by atoms with Crippen molar-refractivity contribution in [3.05, 3.63) is 80.5 Å². The highest BCUT2D eigenvalue weighted by Crippen LogP contribution is 2.31. The molecule has 8 nitrogen and oxygen atoms in total. The van der Waals surface area contributed by atoms with Crippen LogP contribution in [0.25, 0.3) is 0 Å². The molecule has 0 bridgehead atoms. The summed E-state index contributed by atoms with van der Waals surface area (Å²) >= 11 is 2.59. The fraction of sp³-hybridized carbons (Fsp3) is 0.143. The molecule has 31 heavy (non-hydrogen) atoms. The monoisotopic (exact) mass is 457 g/mol. The molecule has 0 fully saturated rings. The van der Waals surface area contributed by atoms with Crippen LogP contribution in [0.1, 0.15) is 15.2 Å². The van der Waals surface area contributed by atoms with E-state index in [9.17, 15) is 19.7 Å². The summed E-state index contributed by atoms with van der Waals surface area (Å²) in [6.45, 7) is 0.418. The van der Waals surface area contributed by atoms with E-state index in [-0.39, 0.29) is 22.9 Å². The lowest BCUT2D eigenvalue weighted by Gasteiger charge is -2.10. The maximum atomic E-state index is 12.6. The third kappa shape index (κ3) is 6.06. The van der Waals surface area contributed by atoms with Crippen LogP contribution >= 0.6 is 23.1 Å². The molecule has 2 aromatic carbocycles. The topological polar surface area (TPSA) is 111 Å². The largest absolute Gasteiger partial charge is 0.495 e. The third-order valence-electron chi connectivity index (χ3n) is 4.17. The van der Waals surface area contributed by atoms with E-state index in [0.29, 0.717) is 22.9 Å². The molecule has 10 heteroatoms. The molecule has 0 spiro atoms. The average molecular weight is 458 g/mol. The summed E-state index contributed by atoms with van der Waals surface area (Å²) in [6, 6.07) is 14.9. The van der Waals surface area contributed by atoms with Gasteiger partial charge in [0.25, 0.3) is 11.6 Å². The Morgan fingerprint density at radius 1 is 1.16 bits per heavy atom. The summed E-state index contributed by atoms with van der Waals surface area (Å²) in [6.07, 6.45) is 0. The van der Waals surface area contributed by atoms with Crippen molar-refractivity contribution in [2.24, 2.45) is 0 Å². The van der Waals surface area contributed by atoms with Gasteiger partial charge in [0.05, 0.1) is 34.9 Å². The number of nitro groups is 1. The smallest absolute Gasteiger partial charge is 0.283 e. The Morgan fingerprint density at radius 3 is 2.68 bits per heavy atom. The van der Waals surface area contributed by atoms with E-state index in [4.69, 9.17) is 4.74 Å². The normalized spacial score (nSPS) is 10.4. The van der Waals surface area contributed by atoms with Gasteiger partial charge in [-0.1, -0.05) is 18.2 Å². The predicted molar refractivity (Wildman–Crippen MR) is 121 cm³/mol. The number of rotatable bonds is 9. The minimum Gasteiger partial charge on any atom is -0.495 e. The molecular formula is C21H19N3O5S2. The Bertz CT molecular complexity index is 1090. The molecule has 160 valence electrons. The highest BCUT2D eigenvalue weighted by molar-refractivity contribution is 8.00. The molecule has 2 N–H and O–H groups in total. The van der Waals surface area contributed by atoms with Crippen molar-refractivity contribution < 1.29 is 19.2 Å². The zero-order valence-electron chi connectivity index (χ0n) is 16.5. The molecule has 0 atom stereocenters. The van der Waals surface area contributed by atoms with Gasteiger partial charge in [-0.05, 0) is 35.7 Å². The van der Waals surface area contributed by atoms with Crippen LogP contribution in [0.5, 0.6) is 5.75 Å². The van der Waals surface area contributed by atoms with Gasteiger partial charge >= 0.3 is 0 Å². The lowest BCUT2D eigenvalue weighted by Crippen LogP contribution is -2.24. The van der Waals surface area contributed by atoms with Crippen molar-refractivity contribution in [1.29, 1.82) is 0 Å².